The van der Waals surface area contributed by atoms with Crippen LogP contribution in [0.15, 0.2) is 22.8 Å². The number of carbonyl (C=O) groups is 2. The van der Waals surface area contributed by atoms with Crippen molar-refractivity contribution in [2.45, 2.75) is 13.0 Å². The first-order valence-corrected chi connectivity index (χ1v) is 6.21. The Kier molecular flexibility index (Phi) is 3.43. The van der Waals surface area contributed by atoms with E-state index in [-0.39, 0.29) is 17.6 Å². The molecule has 16 heavy (non-hydrogen) atoms. The molecule has 1 atom stereocenters. The van der Waals surface area contributed by atoms with E-state index in [1.807, 2.05) is 6.07 Å². The Balaban J connectivity index is 1.97. The maximum absolute atomic E-state index is 11.6. The van der Waals surface area contributed by atoms with Crippen molar-refractivity contribution in [3.63, 3.8) is 0 Å². The predicted molar refractivity (Wildman–Crippen MR) is 61.0 cm³/mol. The molecule has 0 bridgehead atoms. The second-order valence-electron chi connectivity index (χ2n) is 3.85. The van der Waals surface area contributed by atoms with Crippen LogP contribution >= 0.6 is 15.9 Å². The summed E-state index contributed by atoms with van der Waals surface area (Å²) in [6, 6.07) is 3.61. The molecular formula is C11H12BrNO3. The quantitative estimate of drug-likeness (QED) is 0.790. The molecule has 2 rings (SSSR count). The van der Waals surface area contributed by atoms with Crippen LogP contribution in [0, 0.1) is 5.92 Å². The Morgan fingerprint density at radius 3 is 3.06 bits per heavy atom. The van der Waals surface area contributed by atoms with Crippen molar-refractivity contribution in [2.75, 3.05) is 11.9 Å². The average Bonchev–Trinajstić information content (AvgIpc) is 2.89. The van der Waals surface area contributed by atoms with Crippen LogP contribution in [0.1, 0.15) is 12.2 Å². The second-order valence-corrected chi connectivity index (χ2v) is 4.42. The van der Waals surface area contributed by atoms with Crippen LogP contribution in [0.4, 0.5) is 0 Å². The fraction of sp³-hybridized carbons (Fsp3) is 0.455. The normalized spacial score (nSPS) is 20.4. The lowest BCUT2D eigenvalue weighted by Crippen LogP contribution is -2.25. The monoisotopic (exact) mass is 285 g/mol. The summed E-state index contributed by atoms with van der Waals surface area (Å²) in [6.45, 7) is 0.960. The highest BCUT2D eigenvalue weighted by atomic mass is 79.9. The molecule has 1 saturated heterocycles. The van der Waals surface area contributed by atoms with Crippen LogP contribution in [0.2, 0.25) is 0 Å². The largest absolute Gasteiger partial charge is 0.467 e. The number of likely N-dealkylation sites (tertiary alicyclic amines) is 1. The third-order valence-corrected chi connectivity index (χ3v) is 3.28. The van der Waals surface area contributed by atoms with E-state index >= 15 is 0 Å². The highest BCUT2D eigenvalue weighted by molar-refractivity contribution is 9.09. The van der Waals surface area contributed by atoms with Gasteiger partial charge in [0.25, 0.3) is 0 Å². The second kappa shape index (κ2) is 4.82. The number of hydrogen-bond acceptors (Lipinski definition) is 3. The SMILES string of the molecule is O=C(CBr)[C@H]1CC(=O)N(Cc2ccco2)C1. The van der Waals surface area contributed by atoms with E-state index in [4.69, 9.17) is 4.42 Å². The molecule has 0 radical (unpaired) electrons. The number of alkyl halides is 1. The van der Waals surface area contributed by atoms with Crippen molar-refractivity contribution in [1.29, 1.82) is 0 Å². The Labute approximate surface area is 102 Å². The summed E-state index contributed by atoms with van der Waals surface area (Å²) in [4.78, 5) is 24.8. The molecule has 1 aliphatic rings. The number of amides is 1. The number of halogens is 1. The van der Waals surface area contributed by atoms with Gasteiger partial charge in [-0.05, 0) is 12.1 Å². The van der Waals surface area contributed by atoms with Gasteiger partial charge in [0, 0.05) is 18.9 Å². The number of hydrogen-bond donors (Lipinski definition) is 0. The minimum atomic E-state index is -0.165. The summed E-state index contributed by atoms with van der Waals surface area (Å²) in [5.41, 5.74) is 0. The van der Waals surface area contributed by atoms with Gasteiger partial charge in [0.05, 0.1) is 18.1 Å². The van der Waals surface area contributed by atoms with Gasteiger partial charge in [-0.2, -0.15) is 0 Å². The smallest absolute Gasteiger partial charge is 0.223 e. The standard InChI is InChI=1S/C11H12BrNO3/c12-5-10(14)8-4-11(15)13(6-8)7-9-2-1-3-16-9/h1-3,8H,4-7H2/t8-/m0/s1. The summed E-state index contributed by atoms with van der Waals surface area (Å²) >= 11 is 3.13. The third kappa shape index (κ3) is 2.35. The van der Waals surface area contributed by atoms with E-state index in [9.17, 15) is 9.59 Å². The zero-order chi connectivity index (χ0) is 11.5. The van der Waals surface area contributed by atoms with E-state index in [0.717, 1.165) is 5.76 Å². The van der Waals surface area contributed by atoms with Crippen molar-refractivity contribution in [2.24, 2.45) is 5.92 Å². The highest BCUT2D eigenvalue weighted by Gasteiger charge is 2.33. The van der Waals surface area contributed by atoms with Crippen LogP contribution in [0.5, 0.6) is 0 Å². The minimum absolute atomic E-state index is 0.0238. The molecule has 1 aromatic heterocycles. The molecule has 4 nitrogen and oxygen atoms in total. The number of furan rings is 1. The molecule has 0 aliphatic carbocycles. The highest BCUT2D eigenvalue weighted by Crippen LogP contribution is 2.21. The summed E-state index contributed by atoms with van der Waals surface area (Å²) in [5.74, 6) is 0.702. The van der Waals surface area contributed by atoms with E-state index in [1.165, 1.54) is 0 Å². The maximum Gasteiger partial charge on any atom is 0.223 e. The van der Waals surface area contributed by atoms with Gasteiger partial charge in [-0.25, -0.2) is 0 Å². The van der Waals surface area contributed by atoms with E-state index in [0.29, 0.717) is 24.8 Å². The lowest BCUT2D eigenvalue weighted by atomic mass is 10.1. The molecule has 1 amide bonds. The Bertz CT molecular complexity index is 388. The molecule has 0 saturated carbocycles. The van der Waals surface area contributed by atoms with Crippen molar-refractivity contribution >= 4 is 27.6 Å². The number of Topliss-reactive ketones (excluding diaryl/α,β-unsaturated/α-hetero) is 1. The first-order valence-electron chi connectivity index (χ1n) is 5.09. The average molecular weight is 286 g/mol. The minimum Gasteiger partial charge on any atom is -0.467 e. The molecule has 5 heteroatoms. The molecule has 0 unspecified atom stereocenters. The van der Waals surface area contributed by atoms with Crippen LogP contribution in [-0.4, -0.2) is 28.5 Å². The number of ketones is 1. The summed E-state index contributed by atoms with van der Waals surface area (Å²) < 4.78 is 5.18. The van der Waals surface area contributed by atoms with Gasteiger partial charge in [-0.15, -0.1) is 0 Å². The Hall–Kier alpha value is -1.10. The number of carbonyl (C=O) groups excluding carboxylic acids is 2. The zero-order valence-corrected chi connectivity index (χ0v) is 10.3. The van der Waals surface area contributed by atoms with Crippen molar-refractivity contribution in [1.82, 2.24) is 4.90 Å². The maximum atomic E-state index is 11.6. The molecule has 1 fully saturated rings. The first kappa shape index (κ1) is 11.4. The van der Waals surface area contributed by atoms with Gasteiger partial charge < -0.3 is 9.32 Å². The molecule has 0 N–H and O–H groups in total. The number of rotatable bonds is 4. The zero-order valence-electron chi connectivity index (χ0n) is 8.69. The topological polar surface area (TPSA) is 50.5 Å². The van der Waals surface area contributed by atoms with Crippen molar-refractivity contribution in [3.8, 4) is 0 Å². The summed E-state index contributed by atoms with van der Waals surface area (Å²) in [6.07, 6.45) is 1.90. The van der Waals surface area contributed by atoms with Crippen molar-refractivity contribution < 1.29 is 14.0 Å². The van der Waals surface area contributed by atoms with Gasteiger partial charge in [0.15, 0.2) is 0 Å². The van der Waals surface area contributed by atoms with Gasteiger partial charge in [-0.3, -0.25) is 9.59 Å². The lowest BCUT2D eigenvalue weighted by Gasteiger charge is -2.14. The van der Waals surface area contributed by atoms with Crippen LogP contribution < -0.4 is 0 Å². The van der Waals surface area contributed by atoms with Crippen molar-refractivity contribution in [3.05, 3.63) is 24.2 Å². The summed E-state index contributed by atoms with van der Waals surface area (Å²) in [5, 5.41) is 0.319. The molecule has 0 spiro atoms. The first-order chi connectivity index (χ1) is 7.70. The van der Waals surface area contributed by atoms with E-state index < -0.39 is 0 Å². The Morgan fingerprint density at radius 1 is 1.62 bits per heavy atom. The molecule has 1 aliphatic heterocycles. The Morgan fingerprint density at radius 2 is 2.44 bits per heavy atom. The molecule has 86 valence electrons. The van der Waals surface area contributed by atoms with Gasteiger partial charge in [-0.1, -0.05) is 15.9 Å². The molecule has 2 heterocycles. The fourth-order valence-electron chi connectivity index (χ4n) is 1.84. The predicted octanol–water partition coefficient (Wildman–Crippen LogP) is 1.59. The van der Waals surface area contributed by atoms with E-state index in [1.54, 1.807) is 17.2 Å². The lowest BCUT2D eigenvalue weighted by molar-refractivity contribution is -0.128. The third-order valence-electron chi connectivity index (χ3n) is 2.73. The van der Waals surface area contributed by atoms with E-state index in [2.05, 4.69) is 15.9 Å². The molecule has 1 aromatic rings. The van der Waals surface area contributed by atoms with Gasteiger partial charge in [0.1, 0.15) is 11.5 Å². The van der Waals surface area contributed by atoms with Gasteiger partial charge >= 0.3 is 0 Å². The van der Waals surface area contributed by atoms with Crippen LogP contribution in [-0.2, 0) is 16.1 Å². The van der Waals surface area contributed by atoms with Crippen LogP contribution in [0.3, 0.4) is 0 Å². The molecule has 0 aromatic carbocycles. The van der Waals surface area contributed by atoms with Crippen LogP contribution in [0.25, 0.3) is 0 Å². The molecular weight excluding hydrogens is 274 g/mol. The van der Waals surface area contributed by atoms with Gasteiger partial charge in [0.2, 0.25) is 5.91 Å². The fourth-order valence-corrected chi connectivity index (χ4v) is 2.30. The summed E-state index contributed by atoms with van der Waals surface area (Å²) in [7, 11) is 0. The number of nitrogens with zero attached hydrogens (tertiary/aromatic N) is 1.